The van der Waals surface area contributed by atoms with Gasteiger partial charge in [0.1, 0.15) is 0 Å². The van der Waals surface area contributed by atoms with Crippen LogP contribution < -0.4 is 5.73 Å². The molecule has 1 fully saturated rings. The van der Waals surface area contributed by atoms with Crippen molar-refractivity contribution < 1.29 is 9.84 Å². The Morgan fingerprint density at radius 2 is 1.07 bits per heavy atom. The van der Waals surface area contributed by atoms with Gasteiger partial charge in [-0.05, 0) is 85.1 Å². The van der Waals surface area contributed by atoms with E-state index < -0.39 is 0 Å². The summed E-state index contributed by atoms with van der Waals surface area (Å²) >= 11 is 5.74. The van der Waals surface area contributed by atoms with Crippen molar-refractivity contribution in [3.63, 3.8) is 0 Å². The summed E-state index contributed by atoms with van der Waals surface area (Å²) in [5.74, 6) is 0. The molecule has 0 radical (unpaired) electrons. The van der Waals surface area contributed by atoms with Gasteiger partial charge in [-0.1, -0.05) is 181 Å². The van der Waals surface area contributed by atoms with E-state index in [4.69, 9.17) is 15.6 Å². The summed E-state index contributed by atoms with van der Waals surface area (Å²) in [5.41, 5.74) is 9.71. The Balaban J connectivity index is -0.000000564. The fraction of sp³-hybridized carbons (Fsp3) is 0.707. The number of aliphatic hydroxyl groups is 1. The van der Waals surface area contributed by atoms with Gasteiger partial charge in [0.15, 0.2) is 0 Å². The third kappa shape index (κ3) is 36.4. The number of hydrogen-bond donors (Lipinski definition) is 2. The molecule has 0 amide bonds. The number of rotatable bonds is 16. The molecule has 1 aliphatic rings. The molecule has 1 heterocycles. The van der Waals surface area contributed by atoms with Crippen molar-refractivity contribution in [2.75, 3.05) is 17.6 Å². The zero-order valence-corrected chi connectivity index (χ0v) is 35.0. The summed E-state index contributed by atoms with van der Waals surface area (Å²) in [7, 11) is 0. The first-order chi connectivity index (χ1) is 22.4. The van der Waals surface area contributed by atoms with Crippen LogP contribution in [0.4, 0.5) is 0 Å². The SMILES string of the molecule is CC.CCC1CCCO1.CCCCCCCCc1ccc(Br)cc1.CCCCCCCCc1ccc(CN)cc1.CCI.CCO. The molecular formula is C41H75BrINO2. The van der Waals surface area contributed by atoms with Gasteiger partial charge in [0.05, 0.1) is 6.10 Å². The minimum atomic E-state index is 0.250. The molecule has 46 heavy (non-hydrogen) atoms. The molecule has 3 rings (SSSR count). The van der Waals surface area contributed by atoms with Gasteiger partial charge in [0, 0.05) is 24.2 Å². The van der Waals surface area contributed by atoms with Gasteiger partial charge in [0.2, 0.25) is 0 Å². The molecule has 0 aromatic heterocycles. The molecule has 1 atom stereocenters. The average Bonchev–Trinajstić information content (AvgIpc) is 3.62. The molecule has 1 unspecified atom stereocenters. The van der Waals surface area contributed by atoms with Crippen molar-refractivity contribution in [3.05, 3.63) is 69.7 Å². The summed E-state index contributed by atoms with van der Waals surface area (Å²) in [4.78, 5) is 0. The van der Waals surface area contributed by atoms with Crippen LogP contribution in [0.2, 0.25) is 0 Å². The number of halogens is 2. The average molecular weight is 821 g/mol. The molecule has 1 saturated heterocycles. The Bertz CT molecular complexity index is 793. The number of aliphatic hydroxyl groups excluding tert-OH is 1. The van der Waals surface area contributed by atoms with E-state index in [0.29, 0.717) is 12.6 Å². The van der Waals surface area contributed by atoms with Crippen LogP contribution in [-0.4, -0.2) is 28.9 Å². The molecule has 1 aliphatic heterocycles. The predicted octanol–water partition coefficient (Wildman–Crippen LogP) is 13.4. The predicted molar refractivity (Wildman–Crippen MR) is 221 cm³/mol. The topological polar surface area (TPSA) is 55.5 Å². The van der Waals surface area contributed by atoms with Gasteiger partial charge in [0.25, 0.3) is 0 Å². The minimum absolute atomic E-state index is 0.250. The van der Waals surface area contributed by atoms with E-state index in [1.165, 1.54) is 135 Å². The Labute approximate surface area is 309 Å². The lowest BCUT2D eigenvalue weighted by atomic mass is 10.0. The minimum Gasteiger partial charge on any atom is -0.397 e. The second-order valence-corrected chi connectivity index (χ2v) is 13.8. The van der Waals surface area contributed by atoms with Gasteiger partial charge in [-0.2, -0.15) is 0 Å². The van der Waals surface area contributed by atoms with Gasteiger partial charge < -0.3 is 15.6 Å². The highest BCUT2D eigenvalue weighted by Crippen LogP contribution is 2.15. The lowest BCUT2D eigenvalue weighted by Crippen LogP contribution is -2.00. The fourth-order valence-corrected chi connectivity index (χ4v) is 4.94. The van der Waals surface area contributed by atoms with Crippen molar-refractivity contribution in [1.82, 2.24) is 0 Å². The van der Waals surface area contributed by atoms with Crippen molar-refractivity contribution in [2.45, 2.75) is 170 Å². The van der Waals surface area contributed by atoms with Crippen LogP contribution in [0.3, 0.4) is 0 Å². The summed E-state index contributed by atoms with van der Waals surface area (Å²) in [6.45, 7) is 16.4. The molecule has 5 heteroatoms. The van der Waals surface area contributed by atoms with Gasteiger partial charge in [-0.15, -0.1) is 0 Å². The third-order valence-electron chi connectivity index (χ3n) is 7.29. The first kappa shape index (κ1) is 49.9. The second-order valence-electron chi connectivity index (χ2n) is 11.3. The first-order valence-electron chi connectivity index (χ1n) is 18.8. The molecule has 270 valence electrons. The van der Waals surface area contributed by atoms with Crippen LogP contribution in [0, 0.1) is 0 Å². The van der Waals surface area contributed by atoms with Crippen LogP contribution in [0.15, 0.2) is 53.0 Å². The van der Waals surface area contributed by atoms with E-state index >= 15 is 0 Å². The number of hydrogen-bond acceptors (Lipinski definition) is 3. The molecule has 0 aliphatic carbocycles. The van der Waals surface area contributed by atoms with E-state index in [-0.39, 0.29) is 6.61 Å². The second kappa shape index (κ2) is 42.6. The highest BCUT2D eigenvalue weighted by atomic mass is 127. The standard InChI is InChI=1S/C15H25N.C14H21Br.C6H12O.C2H5I.C2H6O.C2H6/c1-2-3-4-5-6-7-8-14-9-11-15(13-16)12-10-14;1-2-3-4-5-6-7-8-13-9-11-14(15)12-10-13;1-2-6-4-3-5-7-6;2*1-2-3;1-2/h9-12H,2-8,13,16H2,1H3;9-12H,2-8H2,1H3;6H,2-5H2,1H3;2H2,1H3;3H,2H2,1H3;1-2H3. The van der Waals surface area contributed by atoms with E-state index in [9.17, 15) is 0 Å². The van der Waals surface area contributed by atoms with Gasteiger partial charge in [-0.25, -0.2) is 0 Å². The summed E-state index contributed by atoms with van der Waals surface area (Å²) in [6, 6.07) is 17.4. The van der Waals surface area contributed by atoms with Crippen molar-refractivity contribution in [3.8, 4) is 0 Å². The lowest BCUT2D eigenvalue weighted by Gasteiger charge is -2.03. The Kier molecular flexibility index (Phi) is 46.2. The van der Waals surface area contributed by atoms with Crippen LogP contribution in [0.1, 0.15) is 161 Å². The molecule has 0 saturated carbocycles. The fourth-order valence-electron chi connectivity index (χ4n) is 4.68. The number of ether oxygens (including phenoxy) is 1. The van der Waals surface area contributed by atoms with E-state index in [1.807, 2.05) is 13.8 Å². The monoisotopic (exact) mass is 819 g/mol. The van der Waals surface area contributed by atoms with Crippen LogP contribution in [-0.2, 0) is 24.1 Å². The van der Waals surface area contributed by atoms with Gasteiger partial charge in [-0.3, -0.25) is 0 Å². The normalized spacial score (nSPS) is 12.8. The molecule has 2 aromatic carbocycles. The lowest BCUT2D eigenvalue weighted by molar-refractivity contribution is 0.108. The number of nitrogens with two attached hydrogens (primary N) is 1. The molecule has 0 spiro atoms. The number of aryl methyl sites for hydroxylation is 2. The van der Waals surface area contributed by atoms with Crippen molar-refractivity contribution in [2.24, 2.45) is 5.73 Å². The third-order valence-corrected chi connectivity index (χ3v) is 7.82. The Morgan fingerprint density at radius 3 is 1.39 bits per heavy atom. The molecular weight excluding hydrogens is 745 g/mol. The summed E-state index contributed by atoms with van der Waals surface area (Å²) in [6.07, 6.45) is 23.3. The highest BCUT2D eigenvalue weighted by molar-refractivity contribution is 14.1. The highest BCUT2D eigenvalue weighted by Gasteiger charge is 2.11. The van der Waals surface area contributed by atoms with E-state index in [2.05, 4.69) is 115 Å². The number of alkyl halides is 1. The largest absolute Gasteiger partial charge is 0.397 e. The van der Waals surface area contributed by atoms with Crippen LogP contribution in [0.5, 0.6) is 0 Å². The first-order valence-corrected chi connectivity index (χ1v) is 21.1. The van der Waals surface area contributed by atoms with Gasteiger partial charge >= 0.3 is 0 Å². The summed E-state index contributed by atoms with van der Waals surface area (Å²) in [5, 5.41) is 7.57. The summed E-state index contributed by atoms with van der Waals surface area (Å²) < 4.78 is 7.70. The smallest absolute Gasteiger partial charge is 0.0573 e. The maximum absolute atomic E-state index is 7.57. The molecule has 0 bridgehead atoms. The quantitative estimate of drug-likeness (QED) is 0.101. The molecule has 3 nitrogen and oxygen atoms in total. The van der Waals surface area contributed by atoms with E-state index in [0.717, 1.165) is 6.61 Å². The van der Waals surface area contributed by atoms with Crippen molar-refractivity contribution in [1.29, 1.82) is 0 Å². The molecule has 2 aromatic rings. The van der Waals surface area contributed by atoms with E-state index in [1.54, 1.807) is 6.92 Å². The number of unbranched alkanes of at least 4 members (excludes halogenated alkanes) is 10. The zero-order valence-electron chi connectivity index (χ0n) is 31.2. The van der Waals surface area contributed by atoms with Crippen LogP contribution >= 0.6 is 38.5 Å². The number of benzene rings is 2. The van der Waals surface area contributed by atoms with Crippen molar-refractivity contribution >= 4 is 38.5 Å². The Hall–Kier alpha value is -0.470. The zero-order chi connectivity index (χ0) is 35.1. The maximum Gasteiger partial charge on any atom is 0.0573 e. The maximum atomic E-state index is 7.57. The molecule has 3 N–H and O–H groups in total. The Morgan fingerprint density at radius 1 is 0.696 bits per heavy atom. The van der Waals surface area contributed by atoms with Crippen LogP contribution in [0.25, 0.3) is 0 Å².